The Hall–Kier alpha value is -0.900. The van der Waals surface area contributed by atoms with Gasteiger partial charge < -0.3 is 4.90 Å². The third kappa shape index (κ3) is 3.53. The minimum atomic E-state index is -0.409. The highest BCUT2D eigenvalue weighted by molar-refractivity contribution is 9.10. The van der Waals surface area contributed by atoms with E-state index in [9.17, 15) is 9.18 Å². The number of halogens is 2. The minimum absolute atomic E-state index is 0.156. The highest BCUT2D eigenvalue weighted by Gasteiger charge is 2.17. The third-order valence-corrected chi connectivity index (χ3v) is 3.62. The van der Waals surface area contributed by atoms with Crippen LogP contribution in [-0.4, -0.2) is 24.4 Å². The molecule has 0 N–H and O–H groups in total. The van der Waals surface area contributed by atoms with Gasteiger partial charge in [0.1, 0.15) is 5.82 Å². The van der Waals surface area contributed by atoms with Crippen molar-refractivity contribution in [3.63, 3.8) is 0 Å². The second-order valence-corrected chi connectivity index (χ2v) is 5.09. The summed E-state index contributed by atoms with van der Waals surface area (Å²) in [5, 5.41) is 0. The molecule has 0 aliphatic heterocycles. The summed E-state index contributed by atoms with van der Waals surface area (Å²) in [6.45, 7) is 4.85. The summed E-state index contributed by atoms with van der Waals surface area (Å²) in [6, 6.07) is 4.50. The van der Waals surface area contributed by atoms with E-state index in [2.05, 4.69) is 29.8 Å². The topological polar surface area (TPSA) is 20.3 Å². The second-order valence-electron chi connectivity index (χ2n) is 4.30. The fraction of sp³-hybridized carbons (Fsp3) is 0.462. The van der Waals surface area contributed by atoms with Crippen molar-refractivity contribution >= 4 is 21.8 Å². The molecule has 0 aromatic heterocycles. The van der Waals surface area contributed by atoms with Gasteiger partial charge in [0.25, 0.3) is 5.91 Å². The summed E-state index contributed by atoms with van der Waals surface area (Å²) >= 11 is 3.11. The zero-order valence-electron chi connectivity index (χ0n) is 10.3. The van der Waals surface area contributed by atoms with Gasteiger partial charge in [-0.2, -0.15) is 0 Å². The highest BCUT2D eigenvalue weighted by Crippen LogP contribution is 2.21. The molecule has 0 spiro atoms. The van der Waals surface area contributed by atoms with Crippen molar-refractivity contribution in [3.8, 4) is 0 Å². The van der Waals surface area contributed by atoms with Gasteiger partial charge in [-0.3, -0.25) is 4.79 Å². The Morgan fingerprint density at radius 1 is 1.53 bits per heavy atom. The third-order valence-electron chi connectivity index (χ3n) is 2.81. The fourth-order valence-corrected chi connectivity index (χ4v) is 1.99. The van der Waals surface area contributed by atoms with Gasteiger partial charge in [0.05, 0.1) is 10.0 Å². The maximum Gasteiger partial charge on any atom is 0.254 e. The van der Waals surface area contributed by atoms with E-state index in [4.69, 9.17) is 0 Å². The van der Waals surface area contributed by atoms with Crippen molar-refractivity contribution in [1.29, 1.82) is 0 Å². The lowest BCUT2D eigenvalue weighted by Crippen LogP contribution is -2.31. The van der Waals surface area contributed by atoms with Crippen molar-refractivity contribution in [3.05, 3.63) is 34.1 Å². The van der Waals surface area contributed by atoms with E-state index in [1.54, 1.807) is 24.1 Å². The molecule has 0 heterocycles. The Labute approximate surface area is 110 Å². The largest absolute Gasteiger partial charge is 0.341 e. The highest BCUT2D eigenvalue weighted by atomic mass is 79.9. The van der Waals surface area contributed by atoms with Crippen LogP contribution < -0.4 is 0 Å². The summed E-state index contributed by atoms with van der Waals surface area (Å²) in [7, 11) is 1.74. The van der Waals surface area contributed by atoms with E-state index in [1.165, 1.54) is 6.07 Å². The van der Waals surface area contributed by atoms with Crippen molar-refractivity contribution < 1.29 is 9.18 Å². The van der Waals surface area contributed by atoms with E-state index >= 15 is 0 Å². The van der Waals surface area contributed by atoms with E-state index in [1.807, 2.05) is 0 Å². The first-order chi connectivity index (χ1) is 7.97. The molecule has 1 aromatic rings. The van der Waals surface area contributed by atoms with Crippen LogP contribution in [0.2, 0.25) is 0 Å². The van der Waals surface area contributed by atoms with Crippen molar-refractivity contribution in [2.45, 2.75) is 20.3 Å². The first-order valence-corrected chi connectivity index (χ1v) is 6.46. The number of carbonyl (C=O) groups is 1. The maximum atomic E-state index is 13.3. The summed E-state index contributed by atoms with van der Waals surface area (Å²) in [4.78, 5) is 13.7. The number of amides is 1. The van der Waals surface area contributed by atoms with Gasteiger partial charge in [-0.25, -0.2) is 4.39 Å². The van der Waals surface area contributed by atoms with Crippen LogP contribution in [0.25, 0.3) is 0 Å². The van der Waals surface area contributed by atoms with Gasteiger partial charge in [-0.15, -0.1) is 0 Å². The lowest BCUT2D eigenvalue weighted by Gasteiger charge is -2.21. The van der Waals surface area contributed by atoms with Crippen LogP contribution in [0.1, 0.15) is 30.6 Å². The lowest BCUT2D eigenvalue weighted by atomic mass is 10.1. The predicted octanol–water partition coefficient (Wildman–Crippen LogP) is 3.71. The van der Waals surface area contributed by atoms with Crippen LogP contribution in [0.15, 0.2) is 22.7 Å². The molecule has 1 unspecified atom stereocenters. The minimum Gasteiger partial charge on any atom is -0.341 e. The van der Waals surface area contributed by atoms with E-state index in [0.29, 0.717) is 18.0 Å². The zero-order valence-corrected chi connectivity index (χ0v) is 11.9. The van der Waals surface area contributed by atoms with Crippen LogP contribution >= 0.6 is 15.9 Å². The Bertz CT molecular complexity index is 408. The average Bonchev–Trinajstić information content (AvgIpc) is 2.31. The van der Waals surface area contributed by atoms with Gasteiger partial charge in [0, 0.05) is 13.6 Å². The smallest absolute Gasteiger partial charge is 0.254 e. The zero-order chi connectivity index (χ0) is 13.0. The molecule has 0 bridgehead atoms. The molecule has 0 radical (unpaired) electrons. The Morgan fingerprint density at radius 2 is 2.18 bits per heavy atom. The van der Waals surface area contributed by atoms with Gasteiger partial charge in [0.15, 0.2) is 0 Å². The Balaban J connectivity index is 2.85. The van der Waals surface area contributed by atoms with Gasteiger partial charge in [-0.05, 0) is 34.0 Å². The molecule has 0 fully saturated rings. The van der Waals surface area contributed by atoms with Gasteiger partial charge >= 0.3 is 0 Å². The molecular weight excluding hydrogens is 285 g/mol. The molecule has 94 valence electrons. The number of carbonyl (C=O) groups excluding carboxylic acids is 1. The second kappa shape index (κ2) is 6.15. The molecule has 4 heteroatoms. The van der Waals surface area contributed by atoms with Crippen molar-refractivity contribution in [2.24, 2.45) is 5.92 Å². The number of nitrogens with zero attached hydrogens (tertiary/aromatic N) is 1. The summed E-state index contributed by atoms with van der Waals surface area (Å²) in [6.07, 6.45) is 1.02. The quantitative estimate of drug-likeness (QED) is 0.830. The maximum absolute atomic E-state index is 13.3. The summed E-state index contributed by atoms with van der Waals surface area (Å²) in [5.74, 6) is -0.124. The van der Waals surface area contributed by atoms with Crippen LogP contribution in [0.3, 0.4) is 0 Å². The van der Waals surface area contributed by atoms with E-state index in [-0.39, 0.29) is 10.4 Å². The standard InChI is InChI=1S/C13H17BrFNO/c1-4-9(2)8-16(3)13(17)10-6-5-7-11(15)12(10)14/h5-7,9H,4,8H2,1-3H3. The van der Waals surface area contributed by atoms with E-state index in [0.717, 1.165) is 6.42 Å². The summed E-state index contributed by atoms with van der Waals surface area (Å²) < 4.78 is 13.6. The van der Waals surface area contributed by atoms with Crippen LogP contribution in [-0.2, 0) is 0 Å². The molecule has 0 saturated carbocycles. The van der Waals surface area contributed by atoms with Crippen LogP contribution in [0.5, 0.6) is 0 Å². The number of hydrogen-bond donors (Lipinski definition) is 0. The molecule has 0 aliphatic rings. The average molecular weight is 302 g/mol. The molecule has 0 saturated heterocycles. The molecule has 2 nitrogen and oxygen atoms in total. The molecule has 1 amide bonds. The summed E-state index contributed by atoms with van der Waals surface area (Å²) in [5.41, 5.74) is 0.371. The number of benzene rings is 1. The molecule has 1 atom stereocenters. The van der Waals surface area contributed by atoms with Crippen LogP contribution in [0, 0.1) is 11.7 Å². The number of rotatable bonds is 4. The SMILES string of the molecule is CCC(C)CN(C)C(=O)c1cccc(F)c1Br. The van der Waals surface area contributed by atoms with E-state index < -0.39 is 5.82 Å². The van der Waals surface area contributed by atoms with Crippen LogP contribution in [0.4, 0.5) is 4.39 Å². The molecule has 1 aromatic carbocycles. The van der Waals surface area contributed by atoms with Gasteiger partial charge in [-0.1, -0.05) is 26.3 Å². The Kier molecular flexibility index (Phi) is 5.12. The van der Waals surface area contributed by atoms with Crippen molar-refractivity contribution in [1.82, 2.24) is 4.90 Å². The number of hydrogen-bond acceptors (Lipinski definition) is 1. The van der Waals surface area contributed by atoms with Crippen molar-refractivity contribution in [2.75, 3.05) is 13.6 Å². The first kappa shape index (κ1) is 14.2. The fourth-order valence-electron chi connectivity index (χ4n) is 1.55. The predicted molar refractivity (Wildman–Crippen MR) is 70.5 cm³/mol. The lowest BCUT2D eigenvalue weighted by molar-refractivity contribution is 0.0773. The molecule has 17 heavy (non-hydrogen) atoms. The van der Waals surface area contributed by atoms with Gasteiger partial charge in [0.2, 0.25) is 0 Å². The Morgan fingerprint density at radius 3 is 2.76 bits per heavy atom. The molecule has 0 aliphatic carbocycles. The monoisotopic (exact) mass is 301 g/mol. The first-order valence-electron chi connectivity index (χ1n) is 5.66. The molecular formula is C13H17BrFNO. The normalized spacial score (nSPS) is 12.3. The molecule has 1 rings (SSSR count).